The van der Waals surface area contributed by atoms with Crippen LogP contribution in [0.15, 0.2) is 30.3 Å². The van der Waals surface area contributed by atoms with Crippen molar-refractivity contribution in [1.29, 1.82) is 0 Å². The van der Waals surface area contributed by atoms with Crippen LogP contribution in [-0.4, -0.2) is 56.3 Å². The molecule has 0 saturated carbocycles. The summed E-state index contributed by atoms with van der Waals surface area (Å²) in [5.74, 6) is 0.991. The first-order chi connectivity index (χ1) is 14.4. The van der Waals surface area contributed by atoms with E-state index in [-0.39, 0.29) is 24.0 Å². The van der Waals surface area contributed by atoms with Crippen LogP contribution in [-0.2, 0) is 27.5 Å². The first-order valence-electron chi connectivity index (χ1n) is 10.1. The molecule has 0 aliphatic carbocycles. The number of carboxylic acid groups (broad SMARTS) is 1. The second kappa shape index (κ2) is 9.82. The average Bonchev–Trinajstić information content (AvgIpc) is 3.36. The summed E-state index contributed by atoms with van der Waals surface area (Å²) in [5.41, 5.74) is 1.25. The fourth-order valence-corrected chi connectivity index (χ4v) is 4.11. The minimum Gasteiger partial charge on any atom is -0.481 e. The highest BCUT2D eigenvalue weighted by Crippen LogP contribution is 2.29. The molecule has 0 unspecified atom stereocenters. The van der Waals surface area contributed by atoms with Crippen LogP contribution >= 0.6 is 0 Å². The van der Waals surface area contributed by atoms with Gasteiger partial charge in [-0.3, -0.25) is 14.9 Å². The standard InChI is InChI=1S/C19H25N5O2.C2H4O2/c1-13-10-23(11-17-21-22-18(12-26-2)24(13)17)19(25)16-9-8-15(20-16)14-6-4-3-5-7-14;1-2(3)4/h3-7,13,15-16,20H,8-12H2,1-2H3;1H3,(H,3,4)/t13-,15+,16+;/m0./s1. The number of hydrogen-bond acceptors (Lipinski definition) is 6. The van der Waals surface area contributed by atoms with Crippen LogP contribution in [0.5, 0.6) is 0 Å². The zero-order valence-electron chi connectivity index (χ0n) is 17.6. The zero-order chi connectivity index (χ0) is 21.7. The van der Waals surface area contributed by atoms with E-state index in [1.54, 1.807) is 7.11 Å². The van der Waals surface area contributed by atoms with Gasteiger partial charge in [0, 0.05) is 26.6 Å². The van der Waals surface area contributed by atoms with E-state index in [0.29, 0.717) is 19.7 Å². The van der Waals surface area contributed by atoms with Crippen LogP contribution in [0.2, 0.25) is 0 Å². The molecule has 9 heteroatoms. The second-order valence-corrected chi connectivity index (χ2v) is 7.68. The molecule has 3 heterocycles. The molecule has 1 aromatic carbocycles. The lowest BCUT2D eigenvalue weighted by atomic mass is 10.1. The van der Waals surface area contributed by atoms with E-state index in [0.717, 1.165) is 31.4 Å². The smallest absolute Gasteiger partial charge is 0.300 e. The summed E-state index contributed by atoms with van der Waals surface area (Å²) in [7, 11) is 1.65. The van der Waals surface area contributed by atoms with Crippen LogP contribution in [0.4, 0.5) is 0 Å². The molecule has 9 nitrogen and oxygen atoms in total. The SMILES string of the molecule is CC(=O)O.COCc1nnc2n1[C@@H](C)CN(C(=O)[C@H]1CC[C@H](c3ccccc3)N1)C2. The van der Waals surface area contributed by atoms with Gasteiger partial charge in [0.15, 0.2) is 11.6 Å². The van der Waals surface area contributed by atoms with Crippen LogP contribution in [0.25, 0.3) is 0 Å². The number of methoxy groups -OCH3 is 1. The number of carboxylic acids is 1. The molecule has 0 bridgehead atoms. The number of benzene rings is 1. The Morgan fingerprint density at radius 2 is 1.93 bits per heavy atom. The Morgan fingerprint density at radius 3 is 2.60 bits per heavy atom. The van der Waals surface area contributed by atoms with Crippen molar-refractivity contribution in [3.05, 3.63) is 47.5 Å². The summed E-state index contributed by atoms with van der Waals surface area (Å²) in [6.45, 7) is 4.80. The van der Waals surface area contributed by atoms with E-state index >= 15 is 0 Å². The van der Waals surface area contributed by atoms with Gasteiger partial charge in [-0.1, -0.05) is 30.3 Å². The maximum absolute atomic E-state index is 13.0. The van der Waals surface area contributed by atoms with Crippen molar-refractivity contribution >= 4 is 11.9 Å². The Labute approximate surface area is 176 Å². The Morgan fingerprint density at radius 1 is 1.23 bits per heavy atom. The maximum atomic E-state index is 13.0. The van der Waals surface area contributed by atoms with Crippen LogP contribution in [0, 0.1) is 0 Å². The van der Waals surface area contributed by atoms with Gasteiger partial charge in [-0.15, -0.1) is 10.2 Å². The summed E-state index contributed by atoms with van der Waals surface area (Å²) in [4.78, 5) is 24.0. The van der Waals surface area contributed by atoms with Gasteiger partial charge in [0.2, 0.25) is 5.91 Å². The zero-order valence-corrected chi connectivity index (χ0v) is 17.6. The van der Waals surface area contributed by atoms with Gasteiger partial charge in [-0.25, -0.2) is 0 Å². The highest BCUT2D eigenvalue weighted by Gasteiger charge is 2.36. The first kappa shape index (κ1) is 21.9. The monoisotopic (exact) mass is 415 g/mol. The van der Waals surface area contributed by atoms with E-state index in [1.807, 2.05) is 23.1 Å². The molecule has 162 valence electrons. The lowest BCUT2D eigenvalue weighted by Crippen LogP contribution is -2.48. The number of hydrogen-bond donors (Lipinski definition) is 2. The van der Waals surface area contributed by atoms with Crippen molar-refractivity contribution in [1.82, 2.24) is 25.0 Å². The largest absolute Gasteiger partial charge is 0.481 e. The summed E-state index contributed by atoms with van der Waals surface area (Å²) < 4.78 is 7.30. The Hall–Kier alpha value is -2.78. The third kappa shape index (κ3) is 5.03. The number of aliphatic carboxylic acids is 1. The molecule has 1 amide bonds. The van der Waals surface area contributed by atoms with E-state index in [2.05, 4.69) is 39.1 Å². The topological polar surface area (TPSA) is 110 Å². The predicted octanol–water partition coefficient (Wildman–Crippen LogP) is 1.91. The Kier molecular flexibility index (Phi) is 7.17. The normalized spacial score (nSPS) is 22.8. The minimum absolute atomic E-state index is 0.125. The van der Waals surface area contributed by atoms with Crippen molar-refractivity contribution in [2.24, 2.45) is 0 Å². The van der Waals surface area contributed by atoms with Gasteiger partial charge >= 0.3 is 0 Å². The summed E-state index contributed by atoms with van der Waals surface area (Å²) in [5, 5.41) is 19.4. The number of nitrogens with one attached hydrogen (secondary N) is 1. The number of carbonyl (C=O) groups is 2. The van der Waals surface area contributed by atoms with Gasteiger partial charge < -0.3 is 19.3 Å². The molecule has 4 rings (SSSR count). The Bertz CT molecular complexity index is 866. The van der Waals surface area contributed by atoms with E-state index in [9.17, 15) is 4.79 Å². The summed E-state index contributed by atoms with van der Waals surface area (Å²) >= 11 is 0. The van der Waals surface area contributed by atoms with Crippen LogP contribution < -0.4 is 5.32 Å². The molecule has 1 aromatic heterocycles. The highest BCUT2D eigenvalue weighted by atomic mass is 16.5. The number of carbonyl (C=O) groups excluding carboxylic acids is 1. The molecular formula is C21H29N5O4. The lowest BCUT2D eigenvalue weighted by molar-refractivity contribution is -0.135. The Balaban J connectivity index is 0.000000589. The quantitative estimate of drug-likeness (QED) is 0.785. The molecule has 1 fully saturated rings. The van der Waals surface area contributed by atoms with Gasteiger partial charge in [-0.05, 0) is 25.3 Å². The van der Waals surface area contributed by atoms with Crippen LogP contribution in [0.3, 0.4) is 0 Å². The third-order valence-corrected chi connectivity index (χ3v) is 5.33. The van der Waals surface area contributed by atoms with Crippen molar-refractivity contribution < 1.29 is 19.4 Å². The molecule has 30 heavy (non-hydrogen) atoms. The molecular weight excluding hydrogens is 386 g/mol. The highest BCUT2D eigenvalue weighted by molar-refractivity contribution is 5.82. The van der Waals surface area contributed by atoms with Gasteiger partial charge in [0.05, 0.1) is 18.6 Å². The maximum Gasteiger partial charge on any atom is 0.300 e. The van der Waals surface area contributed by atoms with Gasteiger partial charge in [0.1, 0.15) is 6.61 Å². The molecule has 2 aliphatic heterocycles. The molecule has 0 spiro atoms. The number of ether oxygens (including phenoxy) is 1. The number of fused-ring (bicyclic) bond motifs is 1. The van der Waals surface area contributed by atoms with Crippen molar-refractivity contribution in [2.75, 3.05) is 13.7 Å². The third-order valence-electron chi connectivity index (χ3n) is 5.33. The molecule has 2 aliphatic rings. The van der Waals surface area contributed by atoms with E-state index in [4.69, 9.17) is 14.6 Å². The summed E-state index contributed by atoms with van der Waals surface area (Å²) in [6.07, 6.45) is 1.85. The van der Waals surface area contributed by atoms with E-state index in [1.165, 1.54) is 5.56 Å². The second-order valence-electron chi connectivity index (χ2n) is 7.68. The molecule has 2 aromatic rings. The number of amides is 1. The number of rotatable bonds is 4. The van der Waals surface area contributed by atoms with Crippen LogP contribution in [0.1, 0.15) is 56.0 Å². The average molecular weight is 415 g/mol. The fraction of sp³-hybridized carbons (Fsp3) is 0.524. The van der Waals surface area contributed by atoms with Crippen molar-refractivity contribution in [3.63, 3.8) is 0 Å². The molecule has 1 saturated heterocycles. The predicted molar refractivity (Wildman–Crippen MR) is 110 cm³/mol. The fourth-order valence-electron chi connectivity index (χ4n) is 4.11. The summed E-state index contributed by atoms with van der Waals surface area (Å²) in [6, 6.07) is 10.6. The number of aromatic nitrogens is 3. The van der Waals surface area contributed by atoms with Crippen molar-refractivity contribution in [2.45, 2.75) is 58.0 Å². The molecule has 0 radical (unpaired) electrons. The molecule has 3 atom stereocenters. The van der Waals surface area contributed by atoms with E-state index < -0.39 is 5.97 Å². The number of nitrogens with zero attached hydrogens (tertiary/aromatic N) is 4. The minimum atomic E-state index is -0.833. The van der Waals surface area contributed by atoms with Gasteiger partial charge in [-0.2, -0.15) is 0 Å². The first-order valence-corrected chi connectivity index (χ1v) is 10.1. The molecule has 2 N–H and O–H groups in total. The van der Waals surface area contributed by atoms with Crippen molar-refractivity contribution in [3.8, 4) is 0 Å². The lowest BCUT2D eigenvalue weighted by Gasteiger charge is -2.34. The van der Waals surface area contributed by atoms with Gasteiger partial charge in [0.25, 0.3) is 5.97 Å².